The first-order valence-corrected chi connectivity index (χ1v) is 13.4. The Morgan fingerprint density at radius 2 is 1.58 bits per heavy atom. The average molecular weight is 552 g/mol. The van der Waals surface area contributed by atoms with Crippen LogP contribution in [0.2, 0.25) is 0 Å². The number of rotatable bonds is 9. The third-order valence-corrected chi connectivity index (χ3v) is 7.23. The Bertz CT molecular complexity index is 1150. The molecule has 0 spiro atoms. The van der Waals surface area contributed by atoms with Gasteiger partial charge in [0.05, 0.1) is 6.42 Å². The molecule has 1 aliphatic carbocycles. The van der Waals surface area contributed by atoms with Gasteiger partial charge in [0.1, 0.15) is 11.9 Å². The minimum absolute atomic E-state index is 0.0935. The molecule has 0 bridgehead atoms. The monoisotopic (exact) mass is 550 g/mol. The molecule has 6 heteroatoms. The second-order valence-electron chi connectivity index (χ2n) is 9.50. The van der Waals surface area contributed by atoms with Crippen LogP contribution in [0.15, 0.2) is 83.3 Å². The van der Waals surface area contributed by atoms with Gasteiger partial charge in [-0.05, 0) is 53.8 Å². The van der Waals surface area contributed by atoms with Crippen LogP contribution in [-0.2, 0) is 29.0 Å². The Morgan fingerprint density at radius 1 is 0.889 bits per heavy atom. The van der Waals surface area contributed by atoms with Gasteiger partial charge in [-0.2, -0.15) is 0 Å². The van der Waals surface area contributed by atoms with Gasteiger partial charge in [0.15, 0.2) is 0 Å². The van der Waals surface area contributed by atoms with Crippen LogP contribution >= 0.6 is 15.9 Å². The van der Waals surface area contributed by atoms with Crippen molar-refractivity contribution in [1.82, 2.24) is 10.2 Å². The van der Waals surface area contributed by atoms with Crippen molar-refractivity contribution in [2.75, 3.05) is 0 Å². The Morgan fingerprint density at radius 3 is 2.28 bits per heavy atom. The van der Waals surface area contributed by atoms with Gasteiger partial charge < -0.3 is 10.2 Å². The van der Waals surface area contributed by atoms with Gasteiger partial charge in [-0.3, -0.25) is 9.59 Å². The molecule has 2 amide bonds. The lowest BCUT2D eigenvalue weighted by Crippen LogP contribution is -2.53. The molecule has 0 heterocycles. The fraction of sp³-hybridized carbons (Fsp3) is 0.333. The highest BCUT2D eigenvalue weighted by molar-refractivity contribution is 9.10. The highest BCUT2D eigenvalue weighted by atomic mass is 79.9. The first-order chi connectivity index (χ1) is 17.5. The van der Waals surface area contributed by atoms with Crippen LogP contribution in [-0.4, -0.2) is 28.8 Å². The summed E-state index contributed by atoms with van der Waals surface area (Å²) in [5, 5.41) is 3.25. The SMILES string of the molecule is O=C(NC1CCCCC1)C(Cc1ccccc1)N(Cc1cccc(Br)c1)C(=O)Cc1ccc(F)cc1. The van der Waals surface area contributed by atoms with Crippen molar-refractivity contribution in [2.24, 2.45) is 0 Å². The van der Waals surface area contributed by atoms with E-state index in [0.717, 1.165) is 41.3 Å². The predicted molar refractivity (Wildman–Crippen MR) is 144 cm³/mol. The van der Waals surface area contributed by atoms with Gasteiger partial charge in [-0.15, -0.1) is 0 Å². The summed E-state index contributed by atoms with van der Waals surface area (Å²) in [5.41, 5.74) is 2.64. The van der Waals surface area contributed by atoms with Gasteiger partial charge in [0.2, 0.25) is 11.8 Å². The maximum absolute atomic E-state index is 13.8. The van der Waals surface area contributed by atoms with Crippen molar-refractivity contribution in [2.45, 2.75) is 63.6 Å². The zero-order valence-electron chi connectivity index (χ0n) is 20.3. The molecule has 1 N–H and O–H groups in total. The quantitative estimate of drug-likeness (QED) is 0.343. The Labute approximate surface area is 221 Å². The lowest BCUT2D eigenvalue weighted by Gasteiger charge is -2.33. The van der Waals surface area contributed by atoms with Crippen LogP contribution in [0.3, 0.4) is 0 Å². The molecule has 3 aromatic carbocycles. The van der Waals surface area contributed by atoms with E-state index in [9.17, 15) is 14.0 Å². The Hall–Kier alpha value is -2.99. The molecule has 0 aromatic heterocycles. The second kappa shape index (κ2) is 12.8. The van der Waals surface area contributed by atoms with E-state index in [1.165, 1.54) is 18.6 Å². The third-order valence-electron chi connectivity index (χ3n) is 6.73. The maximum Gasteiger partial charge on any atom is 0.243 e. The van der Waals surface area contributed by atoms with Crippen LogP contribution in [0.5, 0.6) is 0 Å². The van der Waals surface area contributed by atoms with E-state index < -0.39 is 6.04 Å². The first-order valence-electron chi connectivity index (χ1n) is 12.6. The van der Waals surface area contributed by atoms with E-state index in [2.05, 4.69) is 21.2 Å². The summed E-state index contributed by atoms with van der Waals surface area (Å²) in [6.45, 7) is 0.301. The third kappa shape index (κ3) is 7.50. The number of nitrogens with one attached hydrogen (secondary N) is 1. The van der Waals surface area contributed by atoms with Crippen LogP contribution in [0.25, 0.3) is 0 Å². The van der Waals surface area contributed by atoms with Gasteiger partial charge in [-0.25, -0.2) is 4.39 Å². The molecule has 0 radical (unpaired) electrons. The molecule has 1 saturated carbocycles. The number of halogens is 2. The first kappa shape index (κ1) is 26.1. The molecular formula is C30H32BrFN2O2. The lowest BCUT2D eigenvalue weighted by molar-refractivity contribution is -0.141. The second-order valence-corrected chi connectivity index (χ2v) is 10.4. The lowest BCUT2D eigenvalue weighted by atomic mass is 9.94. The summed E-state index contributed by atoms with van der Waals surface area (Å²) in [6, 6.07) is 23.1. The van der Waals surface area contributed by atoms with Gasteiger partial charge >= 0.3 is 0 Å². The zero-order valence-corrected chi connectivity index (χ0v) is 21.9. The molecule has 1 atom stereocenters. The van der Waals surface area contributed by atoms with Crippen molar-refractivity contribution in [3.05, 3.63) is 106 Å². The van der Waals surface area contributed by atoms with Crippen LogP contribution in [0, 0.1) is 5.82 Å². The molecule has 1 fully saturated rings. The highest BCUT2D eigenvalue weighted by Crippen LogP contribution is 2.21. The van der Waals surface area contributed by atoms with Crippen molar-refractivity contribution in [1.29, 1.82) is 0 Å². The number of benzene rings is 3. The van der Waals surface area contributed by atoms with Crippen LogP contribution in [0.4, 0.5) is 4.39 Å². The molecule has 3 aromatic rings. The molecule has 36 heavy (non-hydrogen) atoms. The summed E-state index contributed by atoms with van der Waals surface area (Å²) in [7, 11) is 0. The standard InChI is InChI=1S/C30H32BrFN2O2/c31-25-11-7-10-24(18-25)21-34(29(35)20-23-14-16-26(32)17-15-23)28(19-22-8-3-1-4-9-22)30(36)33-27-12-5-2-6-13-27/h1,3-4,7-11,14-18,27-28H,2,5-6,12-13,19-21H2,(H,33,36). The van der Waals surface area contributed by atoms with Crippen molar-refractivity contribution >= 4 is 27.7 Å². The van der Waals surface area contributed by atoms with E-state index in [4.69, 9.17) is 0 Å². The fourth-order valence-electron chi connectivity index (χ4n) is 4.81. The summed E-state index contributed by atoms with van der Waals surface area (Å²) >= 11 is 3.52. The van der Waals surface area contributed by atoms with Crippen LogP contribution in [0.1, 0.15) is 48.8 Å². The fourth-order valence-corrected chi connectivity index (χ4v) is 5.26. The average Bonchev–Trinajstić information content (AvgIpc) is 2.88. The van der Waals surface area contributed by atoms with E-state index in [1.54, 1.807) is 17.0 Å². The highest BCUT2D eigenvalue weighted by Gasteiger charge is 2.32. The van der Waals surface area contributed by atoms with Crippen molar-refractivity contribution < 1.29 is 14.0 Å². The van der Waals surface area contributed by atoms with E-state index >= 15 is 0 Å². The molecule has 0 aliphatic heterocycles. The molecule has 4 rings (SSSR count). The minimum Gasteiger partial charge on any atom is -0.352 e. The molecule has 1 aliphatic rings. The summed E-state index contributed by atoms with van der Waals surface area (Å²) in [4.78, 5) is 29.2. The van der Waals surface area contributed by atoms with E-state index in [1.807, 2.05) is 54.6 Å². The van der Waals surface area contributed by atoms with Crippen molar-refractivity contribution in [3.8, 4) is 0 Å². The van der Waals surface area contributed by atoms with Gasteiger partial charge in [0.25, 0.3) is 0 Å². The largest absolute Gasteiger partial charge is 0.352 e. The number of hydrogen-bond donors (Lipinski definition) is 1. The topological polar surface area (TPSA) is 49.4 Å². The van der Waals surface area contributed by atoms with Crippen molar-refractivity contribution in [3.63, 3.8) is 0 Å². The van der Waals surface area contributed by atoms with Gasteiger partial charge in [-0.1, -0.05) is 89.8 Å². The zero-order chi connectivity index (χ0) is 25.3. The van der Waals surface area contributed by atoms with Gasteiger partial charge in [0, 0.05) is 23.5 Å². The number of carbonyl (C=O) groups excluding carboxylic acids is 2. The molecular weight excluding hydrogens is 519 g/mol. The summed E-state index contributed by atoms with van der Waals surface area (Å²) < 4.78 is 14.4. The maximum atomic E-state index is 13.8. The number of hydrogen-bond acceptors (Lipinski definition) is 2. The minimum atomic E-state index is -0.666. The normalized spacial score (nSPS) is 14.7. The van der Waals surface area contributed by atoms with E-state index in [-0.39, 0.29) is 30.1 Å². The Kier molecular flexibility index (Phi) is 9.29. The van der Waals surface area contributed by atoms with E-state index in [0.29, 0.717) is 18.5 Å². The smallest absolute Gasteiger partial charge is 0.243 e. The molecule has 4 nitrogen and oxygen atoms in total. The molecule has 1 unspecified atom stereocenters. The molecule has 0 saturated heterocycles. The predicted octanol–water partition coefficient (Wildman–Crippen LogP) is 6.22. The molecule has 188 valence electrons. The van der Waals surface area contributed by atoms with Crippen LogP contribution < -0.4 is 5.32 Å². The summed E-state index contributed by atoms with van der Waals surface area (Å²) in [6.07, 6.45) is 5.88. The Balaban J connectivity index is 1.65. The number of nitrogens with zero attached hydrogens (tertiary/aromatic N) is 1. The number of amides is 2. The summed E-state index contributed by atoms with van der Waals surface area (Å²) in [5.74, 6) is -0.625. The number of carbonyl (C=O) groups is 2.